The van der Waals surface area contributed by atoms with Gasteiger partial charge in [-0.25, -0.2) is 14.8 Å². The molecule has 2 N–H and O–H groups in total. The first-order valence-corrected chi connectivity index (χ1v) is 9.30. The maximum absolute atomic E-state index is 12.6. The number of rotatable bonds is 4. The Hall–Kier alpha value is -2.90. The summed E-state index contributed by atoms with van der Waals surface area (Å²) in [4.78, 5) is 20.6. The Balaban J connectivity index is 1.78. The number of aryl methyl sites for hydroxylation is 1. The van der Waals surface area contributed by atoms with Crippen molar-refractivity contribution < 1.29 is 9.15 Å². The number of halogens is 1. The molecule has 0 aliphatic carbocycles. The van der Waals surface area contributed by atoms with E-state index in [0.717, 1.165) is 16.5 Å². The van der Waals surface area contributed by atoms with Gasteiger partial charge in [0.2, 0.25) is 0 Å². The zero-order valence-electron chi connectivity index (χ0n) is 14.2. The van der Waals surface area contributed by atoms with Gasteiger partial charge in [0, 0.05) is 41.2 Å². The first-order valence-electron chi connectivity index (χ1n) is 8.05. The minimum absolute atomic E-state index is 0.385. The van der Waals surface area contributed by atoms with Crippen LogP contribution in [0.3, 0.4) is 0 Å². The molecule has 0 fully saturated rings. The van der Waals surface area contributed by atoms with Crippen molar-refractivity contribution in [1.29, 1.82) is 0 Å². The number of pyridine rings is 1. The quantitative estimate of drug-likeness (QED) is 0.505. The van der Waals surface area contributed by atoms with Gasteiger partial charge in [-0.1, -0.05) is 22.9 Å². The van der Waals surface area contributed by atoms with E-state index in [1.54, 1.807) is 36.0 Å². The highest BCUT2D eigenvalue weighted by molar-refractivity contribution is 7.11. The normalized spacial score (nSPS) is 11.0. The number of anilines is 1. The lowest BCUT2D eigenvalue weighted by atomic mass is 10.00. The third-order valence-electron chi connectivity index (χ3n) is 4.17. The van der Waals surface area contributed by atoms with Gasteiger partial charge < -0.3 is 14.9 Å². The summed E-state index contributed by atoms with van der Waals surface area (Å²) in [5.74, 6) is 0.790. The highest BCUT2D eigenvalue weighted by atomic mass is 35.5. The van der Waals surface area contributed by atoms with E-state index in [4.69, 9.17) is 26.5 Å². The van der Waals surface area contributed by atoms with Crippen LogP contribution < -0.4 is 16.1 Å². The molecule has 4 rings (SSSR count). The average molecular weight is 400 g/mol. The summed E-state index contributed by atoms with van der Waals surface area (Å²) >= 11 is 7.72. The van der Waals surface area contributed by atoms with Gasteiger partial charge in [0.1, 0.15) is 11.4 Å². The lowest BCUT2D eigenvalue weighted by Gasteiger charge is -2.11. The van der Waals surface area contributed by atoms with Gasteiger partial charge >= 0.3 is 5.63 Å². The van der Waals surface area contributed by atoms with Crippen LogP contribution in [0.4, 0.5) is 5.82 Å². The second-order valence-corrected chi connectivity index (χ2v) is 7.20. The summed E-state index contributed by atoms with van der Waals surface area (Å²) < 4.78 is 11.2. The number of hydrogen-bond donors (Lipinski definition) is 1. The van der Waals surface area contributed by atoms with Crippen LogP contribution in [0.1, 0.15) is 16.7 Å². The lowest BCUT2D eigenvalue weighted by Crippen LogP contribution is -2.11. The number of aromatic nitrogens is 2. The van der Waals surface area contributed by atoms with Crippen LogP contribution in [-0.4, -0.2) is 9.97 Å². The summed E-state index contributed by atoms with van der Waals surface area (Å²) in [6.07, 6.45) is 3.64. The zero-order chi connectivity index (χ0) is 19.0. The molecule has 0 unspecified atom stereocenters. The van der Waals surface area contributed by atoms with Crippen LogP contribution in [0.5, 0.6) is 10.9 Å². The van der Waals surface area contributed by atoms with Crippen molar-refractivity contribution in [3.8, 4) is 10.9 Å². The highest BCUT2D eigenvalue weighted by Gasteiger charge is 2.16. The predicted octanol–water partition coefficient (Wildman–Crippen LogP) is 4.57. The number of hydrogen-bond acceptors (Lipinski definition) is 7. The number of fused-ring (bicyclic) bond motifs is 1. The Morgan fingerprint density at radius 1 is 1.26 bits per heavy atom. The molecule has 136 valence electrons. The number of ether oxygens (including phenoxy) is 1. The van der Waals surface area contributed by atoms with Gasteiger partial charge in [-0.05, 0) is 36.2 Å². The van der Waals surface area contributed by atoms with Crippen molar-refractivity contribution in [3.63, 3.8) is 0 Å². The molecule has 3 aromatic heterocycles. The van der Waals surface area contributed by atoms with Crippen molar-refractivity contribution in [3.05, 3.63) is 74.2 Å². The van der Waals surface area contributed by atoms with Crippen molar-refractivity contribution in [2.24, 2.45) is 0 Å². The third-order valence-corrected chi connectivity index (χ3v) is 5.12. The number of thiazole rings is 1. The van der Waals surface area contributed by atoms with Gasteiger partial charge in [0.15, 0.2) is 5.75 Å². The molecule has 0 bridgehead atoms. The van der Waals surface area contributed by atoms with E-state index in [2.05, 4.69) is 9.97 Å². The molecule has 0 spiro atoms. The van der Waals surface area contributed by atoms with Crippen LogP contribution in [-0.2, 0) is 6.42 Å². The van der Waals surface area contributed by atoms with Gasteiger partial charge in [0.05, 0.1) is 5.02 Å². The molecule has 8 heteroatoms. The fourth-order valence-corrected chi connectivity index (χ4v) is 3.54. The average Bonchev–Trinajstić information content (AvgIpc) is 3.13. The largest absolute Gasteiger partial charge is 0.429 e. The first kappa shape index (κ1) is 17.5. The Kier molecular flexibility index (Phi) is 4.55. The Bertz CT molecular complexity index is 1190. The summed E-state index contributed by atoms with van der Waals surface area (Å²) in [7, 11) is 0. The summed E-state index contributed by atoms with van der Waals surface area (Å²) in [6.45, 7) is 1.87. The van der Waals surface area contributed by atoms with E-state index in [1.165, 1.54) is 11.3 Å². The number of benzene rings is 1. The maximum Gasteiger partial charge on any atom is 0.340 e. The molecular formula is C19H14ClN3O3S. The SMILES string of the molecule is Cc1c(Cc2ccnc(N)c2)c(=O)oc2cc(Oc3nccs3)c(Cl)cc12. The smallest absolute Gasteiger partial charge is 0.340 e. The highest BCUT2D eigenvalue weighted by Crippen LogP contribution is 2.35. The van der Waals surface area contributed by atoms with Crippen LogP contribution in [0.15, 0.2) is 51.3 Å². The number of nitrogen functional groups attached to an aromatic ring is 1. The second kappa shape index (κ2) is 7.02. The Morgan fingerprint density at radius 2 is 2.11 bits per heavy atom. The van der Waals surface area contributed by atoms with E-state index in [9.17, 15) is 4.79 Å². The molecule has 0 aliphatic heterocycles. The molecule has 0 saturated heterocycles. The Labute approximate surface area is 163 Å². The molecule has 0 atom stereocenters. The monoisotopic (exact) mass is 399 g/mol. The molecule has 4 aromatic rings. The summed E-state index contributed by atoms with van der Waals surface area (Å²) in [5.41, 5.74) is 7.97. The number of nitrogens with zero attached hydrogens (tertiary/aromatic N) is 2. The molecule has 1 aromatic carbocycles. The van der Waals surface area contributed by atoms with Crippen LogP contribution in [0.25, 0.3) is 11.0 Å². The van der Waals surface area contributed by atoms with Crippen LogP contribution in [0, 0.1) is 6.92 Å². The van der Waals surface area contributed by atoms with Crippen molar-refractivity contribution in [2.45, 2.75) is 13.3 Å². The fraction of sp³-hybridized carbons (Fsp3) is 0.105. The maximum atomic E-state index is 12.6. The molecule has 6 nitrogen and oxygen atoms in total. The summed E-state index contributed by atoms with van der Waals surface area (Å²) in [5, 5.41) is 3.42. The molecule has 0 amide bonds. The molecule has 0 radical (unpaired) electrons. The topological polar surface area (TPSA) is 91.2 Å². The first-order chi connectivity index (χ1) is 13.0. The van der Waals surface area contributed by atoms with Gasteiger partial charge in [-0.2, -0.15) is 0 Å². The van der Waals surface area contributed by atoms with E-state index in [-0.39, 0.29) is 0 Å². The van der Waals surface area contributed by atoms with Gasteiger partial charge in [-0.3, -0.25) is 0 Å². The minimum atomic E-state index is -0.405. The van der Waals surface area contributed by atoms with Crippen molar-refractivity contribution in [2.75, 3.05) is 5.73 Å². The van der Waals surface area contributed by atoms with E-state index < -0.39 is 5.63 Å². The van der Waals surface area contributed by atoms with E-state index in [0.29, 0.717) is 39.4 Å². The zero-order valence-corrected chi connectivity index (χ0v) is 15.8. The molecule has 0 saturated carbocycles. The molecule has 0 aliphatic rings. The molecule has 3 heterocycles. The second-order valence-electron chi connectivity index (χ2n) is 5.94. The fourth-order valence-electron chi connectivity index (χ4n) is 2.84. The molecular weight excluding hydrogens is 386 g/mol. The van der Waals surface area contributed by atoms with E-state index >= 15 is 0 Å². The van der Waals surface area contributed by atoms with Crippen molar-refractivity contribution >= 4 is 39.7 Å². The minimum Gasteiger partial charge on any atom is -0.429 e. The summed E-state index contributed by atoms with van der Waals surface area (Å²) in [6, 6.07) is 6.91. The standard InChI is InChI=1S/C19H14ClN3O3S/c1-10-12-8-14(20)16(26-19-23-4-5-27-19)9-15(12)25-18(24)13(10)6-11-2-3-22-17(21)7-11/h2-5,7-9H,6H2,1H3,(H2,21,22). The third kappa shape index (κ3) is 3.51. The number of nitrogens with two attached hydrogens (primary N) is 1. The lowest BCUT2D eigenvalue weighted by molar-refractivity contribution is 0.476. The molecule has 27 heavy (non-hydrogen) atoms. The van der Waals surface area contributed by atoms with Crippen molar-refractivity contribution in [1.82, 2.24) is 9.97 Å². The van der Waals surface area contributed by atoms with E-state index in [1.807, 2.05) is 13.0 Å². The van der Waals surface area contributed by atoms with Gasteiger partial charge in [-0.15, -0.1) is 0 Å². The van der Waals surface area contributed by atoms with Crippen LogP contribution >= 0.6 is 22.9 Å². The van der Waals surface area contributed by atoms with Gasteiger partial charge in [0.25, 0.3) is 5.19 Å². The predicted molar refractivity (Wildman–Crippen MR) is 106 cm³/mol. The van der Waals surface area contributed by atoms with Crippen LogP contribution in [0.2, 0.25) is 5.02 Å². The Morgan fingerprint density at radius 3 is 2.85 bits per heavy atom.